The van der Waals surface area contributed by atoms with E-state index in [9.17, 15) is 9.90 Å². The maximum atomic E-state index is 11.1. The third-order valence-corrected chi connectivity index (χ3v) is 5.94. The Bertz CT molecular complexity index is 1050. The number of aliphatic carboxylic acids is 1. The van der Waals surface area contributed by atoms with Crippen LogP contribution in [-0.4, -0.2) is 23.7 Å². The number of carboxylic acids is 1. The average Bonchev–Trinajstić information content (AvgIpc) is 3.27. The molecule has 0 spiro atoms. The van der Waals surface area contributed by atoms with Crippen LogP contribution in [-0.2, 0) is 11.2 Å². The third kappa shape index (κ3) is 4.27. The summed E-state index contributed by atoms with van der Waals surface area (Å²) in [7, 11) is 0. The highest BCUT2D eigenvalue weighted by Crippen LogP contribution is 2.38. The molecule has 150 valence electrons. The van der Waals surface area contributed by atoms with E-state index in [1.165, 1.54) is 0 Å². The molecule has 4 rings (SSSR count). The number of ether oxygens (including phenoxy) is 2. The SMILES string of the molecule is CCOc1cc2c(cc1/C=C(\CCC(=O)[O-])c1nc3ccccc3s1)O[C@@H](C)C2. The first-order chi connectivity index (χ1) is 14.0. The number of carbonyl (C=O) groups excluding carboxylic acids is 1. The van der Waals surface area contributed by atoms with Gasteiger partial charge in [0.05, 0.1) is 16.8 Å². The summed E-state index contributed by atoms with van der Waals surface area (Å²) in [6, 6.07) is 11.9. The number of fused-ring (bicyclic) bond motifs is 2. The molecular weight excluding hydrogens is 386 g/mol. The van der Waals surface area contributed by atoms with E-state index >= 15 is 0 Å². The zero-order chi connectivity index (χ0) is 20.4. The maximum Gasteiger partial charge on any atom is 0.127 e. The molecule has 1 atom stereocenters. The summed E-state index contributed by atoms with van der Waals surface area (Å²) in [6.45, 7) is 4.54. The molecule has 2 heterocycles. The van der Waals surface area contributed by atoms with Gasteiger partial charge in [0.25, 0.3) is 0 Å². The van der Waals surface area contributed by atoms with Crippen molar-refractivity contribution in [1.82, 2.24) is 4.98 Å². The van der Waals surface area contributed by atoms with Gasteiger partial charge in [-0.3, -0.25) is 0 Å². The summed E-state index contributed by atoms with van der Waals surface area (Å²) < 4.78 is 12.9. The van der Waals surface area contributed by atoms with Crippen LogP contribution in [0.5, 0.6) is 11.5 Å². The Kier molecular flexibility index (Phi) is 5.53. The Morgan fingerprint density at radius 1 is 1.34 bits per heavy atom. The molecule has 0 saturated carbocycles. The quantitative estimate of drug-likeness (QED) is 0.589. The van der Waals surface area contributed by atoms with E-state index in [1.807, 2.05) is 56.3 Å². The van der Waals surface area contributed by atoms with Gasteiger partial charge in [-0.25, -0.2) is 4.98 Å². The lowest BCUT2D eigenvalue weighted by atomic mass is 10.0. The molecule has 0 N–H and O–H groups in total. The van der Waals surface area contributed by atoms with E-state index in [4.69, 9.17) is 14.5 Å². The molecule has 3 aromatic rings. The van der Waals surface area contributed by atoms with Crippen molar-refractivity contribution in [3.63, 3.8) is 0 Å². The molecule has 0 saturated heterocycles. The summed E-state index contributed by atoms with van der Waals surface area (Å²) in [5.74, 6) is 0.555. The fraction of sp³-hybridized carbons (Fsp3) is 0.304. The Labute approximate surface area is 173 Å². The van der Waals surface area contributed by atoms with Gasteiger partial charge in [0.1, 0.15) is 22.6 Å². The second-order valence-corrected chi connectivity index (χ2v) is 8.12. The minimum Gasteiger partial charge on any atom is -0.550 e. The van der Waals surface area contributed by atoms with Crippen LogP contribution in [0.2, 0.25) is 0 Å². The van der Waals surface area contributed by atoms with Crippen LogP contribution < -0.4 is 14.6 Å². The number of nitrogens with zero attached hydrogens (tertiary/aromatic N) is 1. The van der Waals surface area contributed by atoms with Crippen molar-refractivity contribution in [2.75, 3.05) is 6.61 Å². The van der Waals surface area contributed by atoms with Crippen LogP contribution in [0, 0.1) is 0 Å². The zero-order valence-electron chi connectivity index (χ0n) is 16.4. The van der Waals surface area contributed by atoms with Crippen LogP contribution >= 0.6 is 11.3 Å². The molecule has 1 aromatic heterocycles. The molecule has 0 bridgehead atoms. The number of carbonyl (C=O) groups is 1. The maximum absolute atomic E-state index is 11.1. The van der Waals surface area contributed by atoms with Crippen molar-refractivity contribution in [2.24, 2.45) is 0 Å². The predicted molar refractivity (Wildman–Crippen MR) is 113 cm³/mol. The highest BCUT2D eigenvalue weighted by atomic mass is 32.1. The zero-order valence-corrected chi connectivity index (χ0v) is 17.3. The van der Waals surface area contributed by atoms with E-state index in [0.717, 1.165) is 49.8 Å². The number of thiazole rings is 1. The van der Waals surface area contributed by atoms with Crippen molar-refractivity contribution in [2.45, 2.75) is 39.2 Å². The highest BCUT2D eigenvalue weighted by Gasteiger charge is 2.22. The monoisotopic (exact) mass is 408 g/mol. The van der Waals surface area contributed by atoms with Crippen molar-refractivity contribution in [3.05, 3.63) is 52.5 Å². The number of aromatic nitrogens is 1. The summed E-state index contributed by atoms with van der Waals surface area (Å²) in [5, 5.41) is 11.9. The number of para-hydroxylation sites is 1. The number of allylic oxidation sites excluding steroid dienone is 1. The lowest BCUT2D eigenvalue weighted by molar-refractivity contribution is -0.305. The summed E-state index contributed by atoms with van der Waals surface area (Å²) in [5.41, 5.74) is 3.76. The fourth-order valence-electron chi connectivity index (χ4n) is 3.52. The van der Waals surface area contributed by atoms with Crippen LogP contribution in [0.1, 0.15) is 42.8 Å². The van der Waals surface area contributed by atoms with Gasteiger partial charge in [-0.2, -0.15) is 0 Å². The standard InChI is InChI=1S/C23H23NO4S/c1-3-27-19-12-16-10-14(2)28-20(16)13-17(19)11-15(8-9-22(25)26)23-24-18-6-4-5-7-21(18)29-23/h4-7,11-14H,3,8-10H2,1-2H3,(H,25,26)/p-1/b15-11+/t14-/m0/s1. The molecule has 5 nitrogen and oxygen atoms in total. The van der Waals surface area contributed by atoms with Crippen molar-refractivity contribution in [3.8, 4) is 11.5 Å². The number of carboxylic acid groups (broad SMARTS) is 1. The van der Waals surface area contributed by atoms with Gasteiger partial charge < -0.3 is 19.4 Å². The Hall–Kier alpha value is -2.86. The van der Waals surface area contributed by atoms with Gasteiger partial charge in [0.2, 0.25) is 0 Å². The first-order valence-electron chi connectivity index (χ1n) is 9.76. The topological polar surface area (TPSA) is 71.5 Å². The second kappa shape index (κ2) is 8.25. The molecule has 0 unspecified atom stereocenters. The molecule has 1 aliphatic rings. The Morgan fingerprint density at radius 3 is 2.93 bits per heavy atom. The number of hydrogen-bond donors (Lipinski definition) is 0. The van der Waals surface area contributed by atoms with E-state index < -0.39 is 5.97 Å². The van der Waals surface area contributed by atoms with Gasteiger partial charge in [-0.15, -0.1) is 11.3 Å². The molecular formula is C23H22NO4S-. The summed E-state index contributed by atoms with van der Waals surface area (Å²) in [6.07, 6.45) is 3.24. The van der Waals surface area contributed by atoms with E-state index in [1.54, 1.807) is 11.3 Å². The molecule has 0 radical (unpaired) electrons. The summed E-state index contributed by atoms with van der Waals surface area (Å²) in [4.78, 5) is 15.8. The Morgan fingerprint density at radius 2 is 2.17 bits per heavy atom. The minimum absolute atomic E-state index is 0.0653. The summed E-state index contributed by atoms with van der Waals surface area (Å²) >= 11 is 1.56. The smallest absolute Gasteiger partial charge is 0.127 e. The molecule has 6 heteroatoms. The molecule has 1 aliphatic heterocycles. The van der Waals surface area contributed by atoms with E-state index in [-0.39, 0.29) is 12.5 Å². The molecule has 0 fully saturated rings. The molecule has 29 heavy (non-hydrogen) atoms. The van der Waals surface area contributed by atoms with Gasteiger partial charge >= 0.3 is 0 Å². The highest BCUT2D eigenvalue weighted by molar-refractivity contribution is 7.19. The second-order valence-electron chi connectivity index (χ2n) is 7.09. The van der Waals surface area contributed by atoms with Crippen LogP contribution in [0.4, 0.5) is 0 Å². The number of rotatable bonds is 7. The van der Waals surface area contributed by atoms with Crippen molar-refractivity contribution in [1.29, 1.82) is 0 Å². The van der Waals surface area contributed by atoms with Crippen molar-refractivity contribution >= 4 is 39.2 Å². The first-order valence-corrected chi connectivity index (χ1v) is 10.6. The van der Waals surface area contributed by atoms with E-state index in [0.29, 0.717) is 13.0 Å². The lowest BCUT2D eigenvalue weighted by Gasteiger charge is -2.12. The molecule has 0 amide bonds. The predicted octanol–water partition coefficient (Wildman–Crippen LogP) is 4.09. The minimum atomic E-state index is -1.08. The van der Waals surface area contributed by atoms with Crippen LogP contribution in [0.3, 0.4) is 0 Å². The molecule has 0 aliphatic carbocycles. The largest absolute Gasteiger partial charge is 0.550 e. The Balaban J connectivity index is 1.79. The fourth-order valence-corrected chi connectivity index (χ4v) is 4.53. The average molecular weight is 408 g/mol. The van der Waals surface area contributed by atoms with Crippen LogP contribution in [0.15, 0.2) is 36.4 Å². The third-order valence-electron chi connectivity index (χ3n) is 4.83. The first kappa shape index (κ1) is 19.5. The van der Waals surface area contributed by atoms with Gasteiger partial charge in [0.15, 0.2) is 0 Å². The van der Waals surface area contributed by atoms with E-state index in [2.05, 4.69) is 0 Å². The van der Waals surface area contributed by atoms with Gasteiger partial charge in [0, 0.05) is 23.5 Å². The number of hydrogen-bond acceptors (Lipinski definition) is 6. The van der Waals surface area contributed by atoms with Gasteiger partial charge in [-0.1, -0.05) is 12.1 Å². The number of benzene rings is 2. The normalized spacial score (nSPS) is 15.9. The van der Waals surface area contributed by atoms with Gasteiger partial charge in [-0.05, 0) is 62.6 Å². The van der Waals surface area contributed by atoms with Crippen LogP contribution in [0.25, 0.3) is 21.9 Å². The van der Waals surface area contributed by atoms with Crippen molar-refractivity contribution < 1.29 is 19.4 Å². The molecule has 2 aromatic carbocycles. The lowest BCUT2D eigenvalue weighted by Crippen LogP contribution is -2.21.